The predicted octanol–water partition coefficient (Wildman–Crippen LogP) is 2.86. The number of carboxylic acids is 1. The largest absolute Gasteiger partial charge is 0.479 e. The van der Waals surface area contributed by atoms with Crippen LogP contribution in [0.15, 0.2) is 42.5 Å². The van der Waals surface area contributed by atoms with Gasteiger partial charge in [-0.15, -0.1) is 0 Å². The van der Waals surface area contributed by atoms with Crippen LogP contribution in [-0.2, 0) is 16.0 Å². The van der Waals surface area contributed by atoms with E-state index in [1.54, 1.807) is 32.9 Å². The van der Waals surface area contributed by atoms with Crippen LogP contribution in [0.1, 0.15) is 26.3 Å². The summed E-state index contributed by atoms with van der Waals surface area (Å²) in [5.41, 5.74) is -1.22. The monoisotopic (exact) mass is 303 g/mol. The average molecular weight is 303 g/mol. The highest BCUT2D eigenvalue weighted by Crippen LogP contribution is 2.30. The lowest BCUT2D eigenvalue weighted by Gasteiger charge is -2.35. The van der Waals surface area contributed by atoms with E-state index < -0.39 is 23.2 Å². The number of carboxylic acid groups (broad SMARTS) is 1. The molecule has 5 nitrogen and oxygen atoms in total. The Labute approximate surface area is 130 Å². The van der Waals surface area contributed by atoms with Crippen LogP contribution in [0.3, 0.4) is 0 Å². The van der Waals surface area contributed by atoms with Gasteiger partial charge in [0, 0.05) is 13.0 Å². The van der Waals surface area contributed by atoms with Crippen LogP contribution in [-0.4, -0.2) is 39.8 Å². The summed E-state index contributed by atoms with van der Waals surface area (Å²) in [5.74, 6) is -1.06. The standard InChI is InChI=1S/C17H21NO4/c1-16(2,3)22-15(21)18-11-7-10-17(18,14(19)20)12-13-8-5-4-6-9-13/h4-10H,11-12H2,1-3H3,(H,19,20)/t17-/m0/s1. The Bertz CT molecular complexity index is 588. The van der Waals surface area contributed by atoms with Crippen molar-refractivity contribution in [3.63, 3.8) is 0 Å². The maximum Gasteiger partial charge on any atom is 0.411 e. The van der Waals surface area contributed by atoms with E-state index >= 15 is 0 Å². The van der Waals surface area contributed by atoms with Crippen LogP contribution in [0.2, 0.25) is 0 Å². The Balaban J connectivity index is 2.30. The minimum absolute atomic E-state index is 0.207. The second-order valence-corrected chi connectivity index (χ2v) is 6.39. The van der Waals surface area contributed by atoms with Gasteiger partial charge in [-0.1, -0.05) is 36.4 Å². The van der Waals surface area contributed by atoms with Gasteiger partial charge in [0.25, 0.3) is 0 Å². The minimum atomic E-state index is -1.40. The minimum Gasteiger partial charge on any atom is -0.479 e. The Morgan fingerprint density at radius 1 is 1.27 bits per heavy atom. The number of benzene rings is 1. The number of amides is 1. The lowest BCUT2D eigenvalue weighted by Crippen LogP contribution is -2.55. The van der Waals surface area contributed by atoms with Crippen molar-refractivity contribution in [1.82, 2.24) is 4.90 Å². The van der Waals surface area contributed by atoms with Gasteiger partial charge in [0.15, 0.2) is 5.54 Å². The molecular weight excluding hydrogens is 282 g/mol. The molecule has 1 aromatic rings. The first-order chi connectivity index (χ1) is 10.2. The second kappa shape index (κ2) is 5.83. The Morgan fingerprint density at radius 2 is 1.91 bits per heavy atom. The molecule has 0 aliphatic carbocycles. The molecule has 0 saturated heterocycles. The summed E-state index contributed by atoms with van der Waals surface area (Å²) in [6.45, 7) is 5.50. The van der Waals surface area contributed by atoms with Crippen molar-refractivity contribution in [2.45, 2.75) is 38.3 Å². The molecule has 0 spiro atoms. The van der Waals surface area contributed by atoms with Crippen LogP contribution in [0.5, 0.6) is 0 Å². The molecule has 1 aliphatic heterocycles. The lowest BCUT2D eigenvalue weighted by molar-refractivity contribution is -0.147. The van der Waals surface area contributed by atoms with Gasteiger partial charge in [0.05, 0.1) is 0 Å². The van der Waals surface area contributed by atoms with Crippen molar-refractivity contribution in [3.8, 4) is 0 Å². The fourth-order valence-electron chi connectivity index (χ4n) is 2.48. The van der Waals surface area contributed by atoms with E-state index in [-0.39, 0.29) is 13.0 Å². The van der Waals surface area contributed by atoms with E-state index in [1.165, 1.54) is 4.90 Å². The summed E-state index contributed by atoms with van der Waals surface area (Å²) in [4.78, 5) is 25.6. The highest BCUT2D eigenvalue weighted by atomic mass is 16.6. The Kier molecular flexibility index (Phi) is 4.26. The molecule has 0 bridgehead atoms. The van der Waals surface area contributed by atoms with Gasteiger partial charge in [-0.05, 0) is 32.4 Å². The van der Waals surface area contributed by atoms with E-state index in [0.29, 0.717) is 0 Å². The van der Waals surface area contributed by atoms with Crippen LogP contribution >= 0.6 is 0 Å². The molecule has 5 heteroatoms. The zero-order valence-electron chi connectivity index (χ0n) is 13.1. The van der Waals surface area contributed by atoms with Crippen molar-refractivity contribution in [2.75, 3.05) is 6.54 Å². The molecule has 1 aliphatic rings. The van der Waals surface area contributed by atoms with Crippen LogP contribution in [0, 0.1) is 0 Å². The fourth-order valence-corrected chi connectivity index (χ4v) is 2.48. The summed E-state index contributed by atoms with van der Waals surface area (Å²) in [7, 11) is 0. The number of hydrogen-bond donors (Lipinski definition) is 1. The van der Waals surface area contributed by atoms with Gasteiger partial charge in [-0.25, -0.2) is 9.59 Å². The maximum absolute atomic E-state index is 12.4. The normalized spacial score (nSPS) is 21.0. The topological polar surface area (TPSA) is 66.8 Å². The molecule has 0 saturated carbocycles. The van der Waals surface area contributed by atoms with Crippen LogP contribution in [0.4, 0.5) is 4.79 Å². The molecule has 1 heterocycles. The van der Waals surface area contributed by atoms with Gasteiger partial charge in [0.1, 0.15) is 5.60 Å². The molecule has 22 heavy (non-hydrogen) atoms. The molecule has 1 atom stereocenters. The maximum atomic E-state index is 12.4. The van der Waals surface area contributed by atoms with Gasteiger partial charge >= 0.3 is 12.1 Å². The van der Waals surface area contributed by atoms with E-state index in [9.17, 15) is 14.7 Å². The fraction of sp³-hybridized carbons (Fsp3) is 0.412. The molecule has 0 unspecified atom stereocenters. The number of nitrogens with zero attached hydrogens (tertiary/aromatic N) is 1. The summed E-state index contributed by atoms with van der Waals surface area (Å²) in [6.07, 6.45) is 2.86. The molecule has 0 radical (unpaired) electrons. The van der Waals surface area contributed by atoms with Gasteiger partial charge in [-0.2, -0.15) is 0 Å². The smallest absolute Gasteiger partial charge is 0.411 e. The summed E-state index contributed by atoms with van der Waals surface area (Å²) in [5, 5.41) is 9.74. The highest BCUT2D eigenvalue weighted by Gasteiger charge is 2.48. The molecule has 1 aromatic carbocycles. The number of ether oxygens (including phenoxy) is 1. The lowest BCUT2D eigenvalue weighted by atomic mass is 9.90. The molecule has 0 aromatic heterocycles. The van der Waals surface area contributed by atoms with Crippen molar-refractivity contribution >= 4 is 12.1 Å². The van der Waals surface area contributed by atoms with Crippen LogP contribution in [0.25, 0.3) is 0 Å². The zero-order chi connectivity index (χ0) is 16.4. The first-order valence-corrected chi connectivity index (χ1v) is 7.20. The summed E-state index contributed by atoms with van der Waals surface area (Å²) in [6, 6.07) is 9.27. The molecule has 118 valence electrons. The first-order valence-electron chi connectivity index (χ1n) is 7.20. The number of hydrogen-bond acceptors (Lipinski definition) is 3. The number of rotatable bonds is 3. The first kappa shape index (κ1) is 16.1. The molecular formula is C17H21NO4. The third-order valence-electron chi connectivity index (χ3n) is 3.46. The SMILES string of the molecule is CC(C)(C)OC(=O)N1CC=C[C@]1(Cc1ccccc1)C(=O)O. The van der Waals surface area contributed by atoms with E-state index in [1.807, 2.05) is 30.3 Å². The van der Waals surface area contributed by atoms with E-state index in [4.69, 9.17) is 4.74 Å². The number of carbonyl (C=O) groups excluding carboxylic acids is 1. The quantitative estimate of drug-likeness (QED) is 0.872. The predicted molar refractivity (Wildman–Crippen MR) is 82.6 cm³/mol. The van der Waals surface area contributed by atoms with Crippen molar-refractivity contribution in [2.24, 2.45) is 0 Å². The van der Waals surface area contributed by atoms with Gasteiger partial charge in [-0.3, -0.25) is 4.90 Å². The third kappa shape index (κ3) is 3.30. The second-order valence-electron chi connectivity index (χ2n) is 6.39. The summed E-state index contributed by atoms with van der Waals surface area (Å²) >= 11 is 0. The van der Waals surface area contributed by atoms with Gasteiger partial charge < -0.3 is 9.84 Å². The molecule has 0 fully saturated rings. The highest BCUT2D eigenvalue weighted by molar-refractivity contribution is 5.88. The van der Waals surface area contributed by atoms with Crippen molar-refractivity contribution in [1.29, 1.82) is 0 Å². The Morgan fingerprint density at radius 3 is 2.45 bits per heavy atom. The third-order valence-corrected chi connectivity index (χ3v) is 3.46. The van der Waals surface area contributed by atoms with Gasteiger partial charge in [0.2, 0.25) is 0 Å². The Hall–Kier alpha value is -2.30. The van der Waals surface area contributed by atoms with E-state index in [2.05, 4.69) is 0 Å². The van der Waals surface area contributed by atoms with Crippen LogP contribution < -0.4 is 0 Å². The zero-order valence-corrected chi connectivity index (χ0v) is 13.1. The summed E-state index contributed by atoms with van der Waals surface area (Å²) < 4.78 is 5.35. The van der Waals surface area contributed by atoms with E-state index in [0.717, 1.165) is 5.56 Å². The number of carbonyl (C=O) groups is 2. The molecule has 1 amide bonds. The molecule has 2 rings (SSSR count). The van der Waals surface area contributed by atoms with Crippen molar-refractivity contribution in [3.05, 3.63) is 48.0 Å². The van der Waals surface area contributed by atoms with Crippen molar-refractivity contribution < 1.29 is 19.4 Å². The average Bonchev–Trinajstić information content (AvgIpc) is 2.83. The molecule has 1 N–H and O–H groups in total. The number of aliphatic carboxylic acids is 1.